The summed E-state index contributed by atoms with van der Waals surface area (Å²) in [6.45, 7) is 26.7. The third kappa shape index (κ3) is 8.45. The van der Waals surface area contributed by atoms with Crippen LogP contribution in [0.3, 0.4) is 0 Å². The maximum absolute atomic E-state index is 10.4. The van der Waals surface area contributed by atoms with Crippen LogP contribution in [0.5, 0.6) is 0 Å². The summed E-state index contributed by atoms with van der Waals surface area (Å²) in [5, 5.41) is 0. The Morgan fingerprint density at radius 1 is 0.600 bits per heavy atom. The maximum atomic E-state index is 10.4. The van der Waals surface area contributed by atoms with Gasteiger partial charge in [-0.25, -0.2) is 0 Å². The Hall–Kier alpha value is 0.628. The van der Waals surface area contributed by atoms with Crippen LogP contribution in [0.1, 0.15) is 27.7 Å². The molecule has 0 saturated carbocycles. The average molecular weight is 427 g/mol. The molecule has 1 N–H and O–H groups in total. The molecule has 0 atom stereocenters. The molecule has 0 saturated heterocycles. The van der Waals surface area contributed by atoms with Crippen LogP contribution in [0.25, 0.3) is 0 Å². The van der Waals surface area contributed by atoms with E-state index in [4.69, 9.17) is 12.3 Å². The van der Waals surface area contributed by atoms with Crippen LogP contribution in [-0.4, -0.2) is 74.4 Å². The molecule has 0 radical (unpaired) electrons. The van der Waals surface area contributed by atoms with Crippen molar-refractivity contribution in [3.63, 3.8) is 0 Å². The standard InChI is InChI=1S/C15H42N2O4Si4/c1-12-16(13-2)22(5,6)19-25(11,21-24(9,10)18)20-23(7,8)17(14-3)15-4/h18H,12-15H2,1-11H3. The van der Waals surface area contributed by atoms with Gasteiger partial charge in [0, 0.05) is 6.55 Å². The normalized spacial score (nSPS) is 14.6. The van der Waals surface area contributed by atoms with E-state index in [0.29, 0.717) is 0 Å². The summed E-state index contributed by atoms with van der Waals surface area (Å²) in [7, 11) is -10.1. The minimum atomic E-state index is -2.99. The van der Waals surface area contributed by atoms with Gasteiger partial charge in [-0.05, 0) is 65.5 Å². The van der Waals surface area contributed by atoms with Crippen LogP contribution in [0.2, 0.25) is 45.8 Å². The first-order chi connectivity index (χ1) is 11.2. The van der Waals surface area contributed by atoms with Gasteiger partial charge in [-0.2, -0.15) is 0 Å². The Morgan fingerprint density at radius 2 is 0.880 bits per heavy atom. The fourth-order valence-corrected chi connectivity index (χ4v) is 20.1. The second kappa shape index (κ2) is 9.71. The van der Waals surface area contributed by atoms with E-state index in [9.17, 15) is 4.80 Å². The minimum absolute atomic E-state index is 0.941. The number of hydrogen-bond donors (Lipinski definition) is 1. The molecule has 0 aliphatic carbocycles. The first-order valence-corrected chi connectivity index (χ1v) is 20.3. The van der Waals surface area contributed by atoms with Crippen LogP contribution in [-0.2, 0) is 12.3 Å². The smallest absolute Gasteiger partial charge is 0.411 e. The lowest BCUT2D eigenvalue weighted by atomic mass is 10.7. The lowest BCUT2D eigenvalue weighted by Crippen LogP contribution is -2.67. The fraction of sp³-hybridized carbons (Fsp3) is 1.00. The highest BCUT2D eigenvalue weighted by molar-refractivity contribution is 6.87. The molecule has 0 unspecified atom stereocenters. The topological polar surface area (TPSA) is 54.4 Å². The average Bonchev–Trinajstić information content (AvgIpc) is 2.35. The zero-order valence-corrected chi connectivity index (χ0v) is 22.4. The van der Waals surface area contributed by atoms with E-state index in [1.807, 2.05) is 6.55 Å². The SMILES string of the molecule is CCN(CC)[Si](C)(C)O[Si](C)(O[Si](C)(C)O)O[Si](C)(C)N(CC)CC. The highest BCUT2D eigenvalue weighted by atomic mass is 28.5. The van der Waals surface area contributed by atoms with Gasteiger partial charge >= 0.3 is 17.4 Å². The van der Waals surface area contributed by atoms with Crippen molar-refractivity contribution < 1.29 is 17.1 Å². The predicted octanol–water partition coefficient (Wildman–Crippen LogP) is 3.39. The summed E-state index contributed by atoms with van der Waals surface area (Å²) in [6.07, 6.45) is 0. The molecule has 152 valence electrons. The van der Waals surface area contributed by atoms with Crippen LogP contribution < -0.4 is 0 Å². The van der Waals surface area contributed by atoms with Gasteiger partial charge in [0.25, 0.3) is 17.0 Å². The van der Waals surface area contributed by atoms with Crippen LogP contribution in [0, 0.1) is 0 Å². The molecule has 0 spiro atoms. The van der Waals surface area contributed by atoms with Gasteiger partial charge in [-0.1, -0.05) is 27.7 Å². The Kier molecular flexibility index (Phi) is 9.95. The molecule has 0 aromatic carbocycles. The Balaban J connectivity index is 5.66. The zero-order chi connectivity index (χ0) is 20.1. The lowest BCUT2D eigenvalue weighted by Gasteiger charge is -2.46. The molecule has 0 fully saturated rings. The molecule has 25 heavy (non-hydrogen) atoms. The van der Waals surface area contributed by atoms with Crippen LogP contribution in [0.15, 0.2) is 0 Å². The van der Waals surface area contributed by atoms with E-state index >= 15 is 0 Å². The van der Waals surface area contributed by atoms with E-state index in [-0.39, 0.29) is 0 Å². The van der Waals surface area contributed by atoms with Crippen LogP contribution >= 0.6 is 0 Å². The molecular weight excluding hydrogens is 385 g/mol. The van der Waals surface area contributed by atoms with Crippen molar-refractivity contribution in [2.24, 2.45) is 0 Å². The molecule has 0 aliphatic heterocycles. The van der Waals surface area contributed by atoms with Crippen LogP contribution in [0.4, 0.5) is 0 Å². The van der Waals surface area contributed by atoms with E-state index in [1.165, 1.54) is 0 Å². The van der Waals surface area contributed by atoms with E-state index in [2.05, 4.69) is 63.0 Å². The van der Waals surface area contributed by atoms with Crippen molar-refractivity contribution in [3.8, 4) is 0 Å². The van der Waals surface area contributed by atoms with E-state index in [1.54, 1.807) is 13.1 Å². The highest BCUT2D eigenvalue weighted by Gasteiger charge is 2.51. The van der Waals surface area contributed by atoms with Gasteiger partial charge in [-0.3, -0.25) is 0 Å². The molecule has 6 nitrogen and oxygen atoms in total. The molecule has 0 rings (SSSR count). The zero-order valence-electron chi connectivity index (χ0n) is 18.4. The van der Waals surface area contributed by atoms with Gasteiger partial charge in [0.2, 0.25) is 0 Å². The second-order valence-electron chi connectivity index (χ2n) is 7.85. The van der Waals surface area contributed by atoms with Gasteiger partial charge in [0.05, 0.1) is 0 Å². The molecule has 0 amide bonds. The highest BCUT2D eigenvalue weighted by Crippen LogP contribution is 2.27. The first-order valence-electron chi connectivity index (χ1n) is 9.49. The number of nitrogens with zero attached hydrogens (tertiary/aromatic N) is 2. The van der Waals surface area contributed by atoms with Gasteiger partial charge in [0.1, 0.15) is 0 Å². The predicted molar refractivity (Wildman–Crippen MR) is 115 cm³/mol. The van der Waals surface area contributed by atoms with Gasteiger partial charge in [0.15, 0.2) is 0 Å². The summed E-state index contributed by atoms with van der Waals surface area (Å²) in [5.74, 6) is 0. The van der Waals surface area contributed by atoms with Gasteiger partial charge in [-0.15, -0.1) is 0 Å². The lowest BCUT2D eigenvalue weighted by molar-refractivity contribution is 0.200. The molecular formula is C15H42N2O4Si4. The molecule has 0 aliphatic rings. The molecule has 10 heteroatoms. The third-order valence-electron chi connectivity index (χ3n) is 4.36. The quantitative estimate of drug-likeness (QED) is 0.483. The largest absolute Gasteiger partial charge is 0.469 e. The minimum Gasteiger partial charge on any atom is -0.411 e. The van der Waals surface area contributed by atoms with Crippen molar-refractivity contribution in [2.75, 3.05) is 26.2 Å². The molecule has 0 bridgehead atoms. The first kappa shape index (κ1) is 25.6. The third-order valence-corrected chi connectivity index (χ3v) is 19.1. The molecule has 0 aromatic heterocycles. The number of rotatable bonds is 12. The summed E-state index contributed by atoms with van der Waals surface area (Å²) in [6, 6.07) is 0. The fourth-order valence-electron chi connectivity index (χ4n) is 3.52. The Labute approximate surface area is 160 Å². The van der Waals surface area contributed by atoms with Crippen molar-refractivity contribution in [1.82, 2.24) is 9.13 Å². The van der Waals surface area contributed by atoms with Gasteiger partial charge < -0.3 is 26.3 Å². The second-order valence-corrected chi connectivity index (χ2v) is 22.0. The molecule has 0 aromatic rings. The van der Waals surface area contributed by atoms with E-state index in [0.717, 1.165) is 26.2 Å². The van der Waals surface area contributed by atoms with Crippen molar-refractivity contribution in [3.05, 3.63) is 0 Å². The Bertz CT molecular complexity index is 371. The summed E-state index contributed by atoms with van der Waals surface area (Å²) in [4.78, 5) is 10.4. The van der Waals surface area contributed by atoms with Crippen molar-refractivity contribution >= 4 is 34.3 Å². The Morgan fingerprint density at radius 3 is 1.08 bits per heavy atom. The van der Waals surface area contributed by atoms with Crippen molar-refractivity contribution in [1.29, 1.82) is 0 Å². The maximum Gasteiger partial charge on any atom is 0.469 e. The molecule has 0 heterocycles. The summed E-state index contributed by atoms with van der Waals surface area (Å²) in [5.41, 5.74) is 0. The monoisotopic (exact) mass is 426 g/mol. The summed E-state index contributed by atoms with van der Waals surface area (Å²) >= 11 is 0. The number of hydrogen-bond acceptors (Lipinski definition) is 6. The van der Waals surface area contributed by atoms with E-state index < -0.39 is 34.3 Å². The van der Waals surface area contributed by atoms with Crippen molar-refractivity contribution in [2.45, 2.75) is 73.5 Å². The summed E-state index contributed by atoms with van der Waals surface area (Å²) < 4.78 is 24.3.